The quantitative estimate of drug-likeness (QED) is 0.241. The second-order valence-electron chi connectivity index (χ2n) is 6.11. The van der Waals surface area contributed by atoms with Crippen molar-refractivity contribution in [2.45, 2.75) is 46.8 Å². The first-order valence-electron chi connectivity index (χ1n) is 8.69. The van der Waals surface area contributed by atoms with E-state index in [4.69, 9.17) is 9.47 Å². The van der Waals surface area contributed by atoms with Crippen LogP contribution in [0.25, 0.3) is 0 Å². The number of halogens is 1. The predicted molar refractivity (Wildman–Crippen MR) is 114 cm³/mol. The molecule has 0 spiro atoms. The lowest BCUT2D eigenvalue weighted by atomic mass is 10.1. The molecule has 0 fully saturated rings. The topological polar surface area (TPSA) is 67.8 Å². The van der Waals surface area contributed by atoms with Gasteiger partial charge in [0.2, 0.25) is 5.88 Å². The number of aromatic nitrogens is 1. The average molecular weight is 464 g/mol. The van der Waals surface area contributed by atoms with Crippen LogP contribution in [0.1, 0.15) is 39.7 Å². The monoisotopic (exact) mass is 464 g/mol. The Morgan fingerprint density at radius 2 is 2.04 bits per heavy atom. The molecular weight excluding hydrogens is 431 g/mol. The van der Waals surface area contributed by atoms with Crippen molar-refractivity contribution < 1.29 is 9.47 Å². The molecule has 0 saturated carbocycles. The van der Waals surface area contributed by atoms with Crippen molar-refractivity contribution in [2.24, 2.45) is 10.9 Å². The van der Waals surface area contributed by atoms with Crippen LogP contribution in [0.3, 0.4) is 0 Å². The largest absolute Gasteiger partial charge is 0.475 e. The Hall–Kier alpha value is -1.09. The van der Waals surface area contributed by atoms with E-state index < -0.39 is 0 Å². The highest BCUT2D eigenvalue weighted by molar-refractivity contribution is 14.0. The fourth-order valence-corrected chi connectivity index (χ4v) is 2.34. The van der Waals surface area contributed by atoms with Gasteiger partial charge in [0, 0.05) is 39.0 Å². The number of hydrogen-bond acceptors (Lipinski definition) is 4. The summed E-state index contributed by atoms with van der Waals surface area (Å²) in [5, 5.41) is 6.49. The number of nitrogens with one attached hydrogen (secondary N) is 2. The molecule has 0 bridgehead atoms. The third kappa shape index (κ3) is 11.2. The SMILES string of the molecule is CCOCCNC(=NC)NCc1ccnc(OC(C)CC(C)C)c1.I. The molecule has 1 heterocycles. The zero-order valence-electron chi connectivity index (χ0n) is 16.0. The summed E-state index contributed by atoms with van der Waals surface area (Å²) in [7, 11) is 1.75. The van der Waals surface area contributed by atoms with Crippen LogP contribution in [0.2, 0.25) is 0 Å². The van der Waals surface area contributed by atoms with Crippen molar-refractivity contribution >= 4 is 29.9 Å². The van der Waals surface area contributed by atoms with Crippen LogP contribution in [0.4, 0.5) is 0 Å². The van der Waals surface area contributed by atoms with Crippen molar-refractivity contribution in [2.75, 3.05) is 26.8 Å². The number of aliphatic imine (C=N–C) groups is 1. The molecule has 6 nitrogen and oxygen atoms in total. The second kappa shape index (κ2) is 14.1. The van der Waals surface area contributed by atoms with E-state index in [9.17, 15) is 0 Å². The van der Waals surface area contributed by atoms with Gasteiger partial charge in [0.15, 0.2) is 5.96 Å². The van der Waals surface area contributed by atoms with Gasteiger partial charge < -0.3 is 20.1 Å². The summed E-state index contributed by atoms with van der Waals surface area (Å²) in [6, 6.07) is 3.94. The number of pyridine rings is 1. The van der Waals surface area contributed by atoms with Crippen molar-refractivity contribution in [1.82, 2.24) is 15.6 Å². The smallest absolute Gasteiger partial charge is 0.213 e. The highest BCUT2D eigenvalue weighted by Gasteiger charge is 2.08. The van der Waals surface area contributed by atoms with E-state index in [1.165, 1.54) is 0 Å². The Kier molecular flexibility index (Phi) is 13.5. The van der Waals surface area contributed by atoms with E-state index in [1.54, 1.807) is 13.2 Å². The van der Waals surface area contributed by atoms with Gasteiger partial charge in [0.05, 0.1) is 12.7 Å². The van der Waals surface area contributed by atoms with Gasteiger partial charge in [-0.2, -0.15) is 0 Å². The third-order valence-corrected chi connectivity index (χ3v) is 3.35. The normalized spacial score (nSPS) is 12.5. The molecule has 1 rings (SSSR count). The molecule has 0 radical (unpaired) electrons. The summed E-state index contributed by atoms with van der Waals surface area (Å²) in [4.78, 5) is 8.49. The first kappa shape index (κ1) is 23.9. The van der Waals surface area contributed by atoms with Crippen LogP contribution in [-0.4, -0.2) is 43.9 Å². The molecule has 7 heteroatoms. The first-order valence-corrected chi connectivity index (χ1v) is 8.69. The lowest BCUT2D eigenvalue weighted by Gasteiger charge is -2.16. The van der Waals surface area contributed by atoms with Gasteiger partial charge in [-0.15, -0.1) is 24.0 Å². The molecule has 144 valence electrons. The highest BCUT2D eigenvalue weighted by atomic mass is 127. The van der Waals surface area contributed by atoms with Crippen LogP contribution in [0, 0.1) is 5.92 Å². The number of ether oxygens (including phenoxy) is 2. The molecule has 0 aliphatic rings. The zero-order chi connectivity index (χ0) is 17.8. The van der Waals surface area contributed by atoms with Gasteiger partial charge in [-0.25, -0.2) is 4.98 Å². The number of rotatable bonds is 10. The summed E-state index contributed by atoms with van der Waals surface area (Å²) >= 11 is 0. The van der Waals surface area contributed by atoms with Gasteiger partial charge >= 0.3 is 0 Å². The number of hydrogen-bond donors (Lipinski definition) is 2. The minimum Gasteiger partial charge on any atom is -0.475 e. The zero-order valence-corrected chi connectivity index (χ0v) is 18.4. The molecule has 0 amide bonds. The maximum absolute atomic E-state index is 5.89. The summed E-state index contributed by atoms with van der Waals surface area (Å²) in [6.45, 7) is 11.2. The van der Waals surface area contributed by atoms with Gasteiger partial charge in [0.1, 0.15) is 0 Å². The fourth-order valence-electron chi connectivity index (χ4n) is 2.34. The Balaban J connectivity index is 0.00000576. The summed E-state index contributed by atoms with van der Waals surface area (Å²) in [5.41, 5.74) is 1.10. The minimum atomic E-state index is 0. The van der Waals surface area contributed by atoms with E-state index in [2.05, 4.69) is 41.4 Å². The first-order chi connectivity index (χ1) is 11.5. The summed E-state index contributed by atoms with van der Waals surface area (Å²) in [5.74, 6) is 2.03. The molecule has 25 heavy (non-hydrogen) atoms. The van der Waals surface area contributed by atoms with E-state index in [-0.39, 0.29) is 30.1 Å². The van der Waals surface area contributed by atoms with Crippen LogP contribution < -0.4 is 15.4 Å². The van der Waals surface area contributed by atoms with Crippen LogP contribution in [0.15, 0.2) is 23.3 Å². The number of guanidine groups is 1. The predicted octanol–water partition coefficient (Wildman–Crippen LogP) is 3.21. The van der Waals surface area contributed by atoms with Crippen LogP contribution >= 0.6 is 24.0 Å². The summed E-state index contributed by atoms with van der Waals surface area (Å²) < 4.78 is 11.2. The molecule has 1 aromatic heterocycles. The van der Waals surface area contributed by atoms with Gasteiger partial charge in [-0.05, 0) is 37.8 Å². The molecular formula is C18H33IN4O2. The Labute approximate surface area is 169 Å². The lowest BCUT2D eigenvalue weighted by Crippen LogP contribution is -2.38. The van der Waals surface area contributed by atoms with Crippen LogP contribution in [-0.2, 0) is 11.3 Å². The highest BCUT2D eigenvalue weighted by Crippen LogP contribution is 2.14. The van der Waals surface area contributed by atoms with Crippen molar-refractivity contribution in [3.8, 4) is 5.88 Å². The van der Waals surface area contributed by atoms with Crippen LogP contribution in [0.5, 0.6) is 5.88 Å². The van der Waals surface area contributed by atoms with E-state index in [0.29, 0.717) is 24.9 Å². The van der Waals surface area contributed by atoms with E-state index in [1.807, 2.05) is 19.1 Å². The van der Waals surface area contributed by atoms with Gasteiger partial charge in [-0.1, -0.05) is 13.8 Å². The van der Waals surface area contributed by atoms with Gasteiger partial charge in [0.25, 0.3) is 0 Å². The van der Waals surface area contributed by atoms with E-state index in [0.717, 1.165) is 31.1 Å². The Morgan fingerprint density at radius 3 is 2.68 bits per heavy atom. The summed E-state index contributed by atoms with van der Waals surface area (Å²) in [6.07, 6.45) is 2.95. The molecule has 0 aliphatic carbocycles. The average Bonchev–Trinajstić information content (AvgIpc) is 2.53. The lowest BCUT2D eigenvalue weighted by molar-refractivity contribution is 0.152. The van der Waals surface area contributed by atoms with Gasteiger partial charge in [-0.3, -0.25) is 4.99 Å². The molecule has 1 unspecified atom stereocenters. The molecule has 2 N–H and O–H groups in total. The molecule has 0 aliphatic heterocycles. The Bertz CT molecular complexity index is 498. The second-order valence-corrected chi connectivity index (χ2v) is 6.11. The maximum atomic E-state index is 5.89. The minimum absolute atomic E-state index is 0. The number of nitrogens with zero attached hydrogens (tertiary/aromatic N) is 2. The third-order valence-electron chi connectivity index (χ3n) is 3.35. The standard InChI is InChI=1S/C18H32N4O2.HI/c1-6-23-10-9-21-18(19-5)22-13-16-7-8-20-17(12-16)24-15(4)11-14(2)3;/h7-8,12,14-15H,6,9-11,13H2,1-5H3,(H2,19,21,22);1H. The van der Waals surface area contributed by atoms with Crippen molar-refractivity contribution in [3.05, 3.63) is 23.9 Å². The molecule has 0 saturated heterocycles. The molecule has 1 aromatic rings. The maximum Gasteiger partial charge on any atom is 0.213 e. The fraction of sp³-hybridized carbons (Fsp3) is 0.667. The van der Waals surface area contributed by atoms with Crippen molar-refractivity contribution in [1.29, 1.82) is 0 Å². The van der Waals surface area contributed by atoms with E-state index >= 15 is 0 Å². The Morgan fingerprint density at radius 1 is 1.28 bits per heavy atom. The molecule has 1 atom stereocenters. The molecule has 0 aromatic carbocycles. The van der Waals surface area contributed by atoms with Crippen molar-refractivity contribution in [3.63, 3.8) is 0 Å².